The smallest absolute Gasteiger partial charge is 0.0431 e. The van der Waals surface area contributed by atoms with Gasteiger partial charge in [0, 0.05) is 24.7 Å². The molecule has 1 aliphatic carbocycles. The number of rotatable bonds is 6. The van der Waals surface area contributed by atoms with Crippen LogP contribution in [0.4, 0.5) is 0 Å². The van der Waals surface area contributed by atoms with Gasteiger partial charge in [0.05, 0.1) is 0 Å². The molecule has 0 spiro atoms. The first-order valence-corrected chi connectivity index (χ1v) is 7.91. The second-order valence-electron chi connectivity index (χ2n) is 6.19. The third-order valence-corrected chi connectivity index (χ3v) is 4.73. The molecule has 0 amide bonds. The fourth-order valence-electron chi connectivity index (χ4n) is 3.77. The molecule has 106 valence electrons. The summed E-state index contributed by atoms with van der Waals surface area (Å²) in [6, 6.07) is 2.00. The molecule has 0 aromatic rings. The fraction of sp³-hybridized carbons (Fsp3) is 1.00. The molecule has 0 radical (unpaired) electrons. The predicted molar refractivity (Wildman–Crippen MR) is 75.7 cm³/mol. The zero-order valence-electron chi connectivity index (χ0n) is 11.8. The Kier molecular flexibility index (Phi) is 5.93. The van der Waals surface area contributed by atoms with Gasteiger partial charge in [-0.05, 0) is 57.9 Å². The van der Waals surface area contributed by atoms with E-state index >= 15 is 0 Å². The monoisotopic (exact) mass is 254 g/mol. The second-order valence-corrected chi connectivity index (χ2v) is 6.19. The van der Waals surface area contributed by atoms with Crippen LogP contribution in [0.3, 0.4) is 0 Å². The third kappa shape index (κ3) is 3.94. The van der Waals surface area contributed by atoms with Gasteiger partial charge in [-0.3, -0.25) is 0 Å². The maximum atomic E-state index is 8.91. The average molecular weight is 254 g/mol. The minimum absolute atomic E-state index is 0.324. The van der Waals surface area contributed by atoms with Gasteiger partial charge in [-0.15, -0.1) is 0 Å². The largest absolute Gasteiger partial charge is 0.396 e. The summed E-state index contributed by atoms with van der Waals surface area (Å²) in [5, 5.41) is 16.4. The Bertz CT molecular complexity index is 229. The van der Waals surface area contributed by atoms with E-state index in [0.29, 0.717) is 18.7 Å². The van der Waals surface area contributed by atoms with E-state index in [4.69, 9.17) is 5.11 Å². The molecule has 2 rings (SSSR count). The molecule has 0 aromatic heterocycles. The standard InChI is InChI=1S/C15H30N2O/c1-12(6-5-11-18)17-15-8-3-2-7-13(15)14-9-4-10-16-14/h12-18H,2-11H2,1H3. The lowest BCUT2D eigenvalue weighted by Gasteiger charge is -2.38. The Morgan fingerprint density at radius 2 is 2.06 bits per heavy atom. The summed E-state index contributed by atoms with van der Waals surface area (Å²) in [6.45, 7) is 3.81. The molecule has 2 fully saturated rings. The molecule has 1 saturated heterocycles. The van der Waals surface area contributed by atoms with E-state index in [1.165, 1.54) is 45.1 Å². The molecule has 2 aliphatic rings. The Balaban J connectivity index is 1.82. The van der Waals surface area contributed by atoms with E-state index in [2.05, 4.69) is 17.6 Å². The molecule has 3 heteroatoms. The zero-order valence-corrected chi connectivity index (χ0v) is 11.8. The van der Waals surface area contributed by atoms with Crippen LogP contribution in [0.15, 0.2) is 0 Å². The lowest BCUT2D eigenvalue weighted by molar-refractivity contribution is 0.196. The van der Waals surface area contributed by atoms with Gasteiger partial charge >= 0.3 is 0 Å². The summed E-state index contributed by atoms with van der Waals surface area (Å²) in [7, 11) is 0. The Labute approximate surface area is 112 Å². The molecule has 4 unspecified atom stereocenters. The van der Waals surface area contributed by atoms with E-state index in [1.807, 2.05) is 0 Å². The van der Waals surface area contributed by atoms with Gasteiger partial charge < -0.3 is 15.7 Å². The van der Waals surface area contributed by atoms with Gasteiger partial charge in [0.15, 0.2) is 0 Å². The van der Waals surface area contributed by atoms with E-state index in [9.17, 15) is 0 Å². The van der Waals surface area contributed by atoms with Crippen LogP contribution in [-0.2, 0) is 0 Å². The van der Waals surface area contributed by atoms with Crippen molar-refractivity contribution in [1.29, 1.82) is 0 Å². The zero-order chi connectivity index (χ0) is 12.8. The molecule has 0 bridgehead atoms. The van der Waals surface area contributed by atoms with Crippen molar-refractivity contribution >= 4 is 0 Å². The molecule has 3 nitrogen and oxygen atoms in total. The third-order valence-electron chi connectivity index (χ3n) is 4.73. The van der Waals surface area contributed by atoms with Crippen LogP contribution in [0.2, 0.25) is 0 Å². The van der Waals surface area contributed by atoms with Crippen LogP contribution < -0.4 is 10.6 Å². The molecular formula is C15H30N2O. The topological polar surface area (TPSA) is 44.3 Å². The van der Waals surface area contributed by atoms with Crippen molar-refractivity contribution in [3.05, 3.63) is 0 Å². The van der Waals surface area contributed by atoms with Crippen LogP contribution in [0.25, 0.3) is 0 Å². The lowest BCUT2D eigenvalue weighted by atomic mass is 9.79. The van der Waals surface area contributed by atoms with Gasteiger partial charge in [-0.1, -0.05) is 12.8 Å². The molecule has 1 heterocycles. The molecular weight excluding hydrogens is 224 g/mol. The maximum Gasteiger partial charge on any atom is 0.0431 e. The molecule has 3 N–H and O–H groups in total. The number of nitrogens with one attached hydrogen (secondary N) is 2. The van der Waals surface area contributed by atoms with E-state index < -0.39 is 0 Å². The quantitative estimate of drug-likeness (QED) is 0.680. The van der Waals surface area contributed by atoms with Gasteiger partial charge in [-0.25, -0.2) is 0 Å². The Morgan fingerprint density at radius 1 is 1.22 bits per heavy atom. The van der Waals surface area contributed by atoms with Crippen molar-refractivity contribution in [3.8, 4) is 0 Å². The minimum Gasteiger partial charge on any atom is -0.396 e. The number of hydrogen-bond donors (Lipinski definition) is 3. The van der Waals surface area contributed by atoms with Crippen LogP contribution >= 0.6 is 0 Å². The summed E-state index contributed by atoms with van der Waals surface area (Å²) < 4.78 is 0. The highest BCUT2D eigenvalue weighted by molar-refractivity contribution is 4.92. The lowest BCUT2D eigenvalue weighted by Crippen LogP contribution is -2.49. The van der Waals surface area contributed by atoms with Gasteiger partial charge in [0.1, 0.15) is 0 Å². The first-order chi connectivity index (χ1) is 8.81. The molecule has 4 atom stereocenters. The predicted octanol–water partition coefficient (Wildman–Crippen LogP) is 2.05. The van der Waals surface area contributed by atoms with Crippen molar-refractivity contribution in [3.63, 3.8) is 0 Å². The van der Waals surface area contributed by atoms with Gasteiger partial charge in [0.2, 0.25) is 0 Å². The molecule has 0 aromatic carbocycles. The van der Waals surface area contributed by atoms with Crippen molar-refractivity contribution < 1.29 is 5.11 Å². The Morgan fingerprint density at radius 3 is 2.78 bits per heavy atom. The van der Waals surface area contributed by atoms with Crippen molar-refractivity contribution in [2.45, 2.75) is 76.4 Å². The first-order valence-electron chi connectivity index (χ1n) is 7.91. The van der Waals surface area contributed by atoms with Crippen molar-refractivity contribution in [2.75, 3.05) is 13.2 Å². The SMILES string of the molecule is CC(CCCO)NC1CCCCC1C1CCCN1. The summed E-state index contributed by atoms with van der Waals surface area (Å²) in [4.78, 5) is 0. The highest BCUT2D eigenvalue weighted by Crippen LogP contribution is 2.31. The number of aliphatic hydroxyl groups excluding tert-OH is 1. The van der Waals surface area contributed by atoms with Gasteiger partial charge in [0.25, 0.3) is 0 Å². The average Bonchev–Trinajstić information content (AvgIpc) is 2.91. The van der Waals surface area contributed by atoms with E-state index in [1.54, 1.807) is 0 Å². The number of aliphatic hydroxyl groups is 1. The summed E-state index contributed by atoms with van der Waals surface area (Å²) in [5.74, 6) is 0.831. The second kappa shape index (κ2) is 7.46. The van der Waals surface area contributed by atoms with E-state index in [0.717, 1.165) is 24.8 Å². The van der Waals surface area contributed by atoms with E-state index in [-0.39, 0.29) is 0 Å². The van der Waals surface area contributed by atoms with Crippen LogP contribution in [0.1, 0.15) is 58.3 Å². The maximum absolute atomic E-state index is 8.91. The molecule has 1 aliphatic heterocycles. The first kappa shape index (κ1) is 14.3. The summed E-state index contributed by atoms with van der Waals surface area (Å²) >= 11 is 0. The normalized spacial score (nSPS) is 34.7. The van der Waals surface area contributed by atoms with Crippen molar-refractivity contribution in [2.24, 2.45) is 5.92 Å². The fourth-order valence-corrected chi connectivity index (χ4v) is 3.77. The van der Waals surface area contributed by atoms with Gasteiger partial charge in [-0.2, -0.15) is 0 Å². The Hall–Kier alpha value is -0.120. The molecule has 1 saturated carbocycles. The molecule has 18 heavy (non-hydrogen) atoms. The number of hydrogen-bond acceptors (Lipinski definition) is 3. The van der Waals surface area contributed by atoms with Crippen LogP contribution in [-0.4, -0.2) is 36.4 Å². The van der Waals surface area contributed by atoms with Crippen LogP contribution in [0.5, 0.6) is 0 Å². The summed E-state index contributed by atoms with van der Waals surface area (Å²) in [5.41, 5.74) is 0. The van der Waals surface area contributed by atoms with Crippen molar-refractivity contribution in [1.82, 2.24) is 10.6 Å². The minimum atomic E-state index is 0.324. The summed E-state index contributed by atoms with van der Waals surface area (Å²) in [6.07, 6.45) is 10.3. The highest BCUT2D eigenvalue weighted by Gasteiger charge is 2.33. The van der Waals surface area contributed by atoms with Crippen LogP contribution in [0, 0.1) is 5.92 Å². The highest BCUT2D eigenvalue weighted by atomic mass is 16.2.